The largest absolute Gasteiger partial charge is 0.497 e. The molecule has 3 heterocycles. The third-order valence-electron chi connectivity index (χ3n) is 5.01. The van der Waals surface area contributed by atoms with Gasteiger partial charge < -0.3 is 15.4 Å². The van der Waals surface area contributed by atoms with Gasteiger partial charge in [0.05, 0.1) is 25.8 Å². The summed E-state index contributed by atoms with van der Waals surface area (Å²) in [5.74, 6) is 1.13. The van der Waals surface area contributed by atoms with Gasteiger partial charge in [-0.1, -0.05) is 12.1 Å². The Labute approximate surface area is 163 Å². The summed E-state index contributed by atoms with van der Waals surface area (Å²) < 4.78 is 6.99. The van der Waals surface area contributed by atoms with Crippen LogP contribution in [0.25, 0.3) is 11.2 Å². The van der Waals surface area contributed by atoms with Gasteiger partial charge in [-0.2, -0.15) is 5.10 Å². The Kier molecular flexibility index (Phi) is 5.48. The number of rotatable bonds is 7. The minimum atomic E-state index is -0.0204. The van der Waals surface area contributed by atoms with Gasteiger partial charge >= 0.3 is 0 Å². The lowest BCUT2D eigenvalue weighted by Crippen LogP contribution is -2.29. The third kappa shape index (κ3) is 3.96. The summed E-state index contributed by atoms with van der Waals surface area (Å²) in [6.45, 7) is 2.97. The van der Waals surface area contributed by atoms with E-state index in [1.165, 1.54) is 0 Å². The molecule has 8 heteroatoms. The number of amides is 1. The standard InChI is InChI=1S/C20H24N6O2/c1-28-16-4-2-14(3-5-16)12-17(27)22-10-11-26-20-19(23-8-9-24-20)18(25-26)15-6-7-21-13-15/h2-5,8-9,15,21H,6-7,10-13H2,1H3,(H,22,27)/t15-/m1/s1. The van der Waals surface area contributed by atoms with E-state index in [9.17, 15) is 4.79 Å². The molecule has 1 aliphatic heterocycles. The van der Waals surface area contributed by atoms with Crippen molar-refractivity contribution in [2.45, 2.75) is 25.3 Å². The summed E-state index contributed by atoms with van der Waals surface area (Å²) in [6.07, 6.45) is 4.78. The van der Waals surface area contributed by atoms with E-state index in [-0.39, 0.29) is 5.91 Å². The number of carbonyl (C=O) groups excluding carboxylic acids is 1. The summed E-state index contributed by atoms with van der Waals surface area (Å²) >= 11 is 0. The van der Waals surface area contributed by atoms with E-state index in [0.29, 0.717) is 25.4 Å². The summed E-state index contributed by atoms with van der Waals surface area (Å²) in [7, 11) is 1.62. The molecule has 28 heavy (non-hydrogen) atoms. The van der Waals surface area contributed by atoms with Gasteiger partial charge in [0.15, 0.2) is 5.65 Å². The highest BCUT2D eigenvalue weighted by Crippen LogP contribution is 2.26. The van der Waals surface area contributed by atoms with Crippen molar-refractivity contribution in [1.82, 2.24) is 30.4 Å². The van der Waals surface area contributed by atoms with Crippen molar-refractivity contribution >= 4 is 17.1 Å². The molecular formula is C20H24N6O2. The van der Waals surface area contributed by atoms with E-state index in [4.69, 9.17) is 9.84 Å². The molecule has 2 N–H and O–H groups in total. The van der Waals surface area contributed by atoms with E-state index in [1.54, 1.807) is 19.5 Å². The number of methoxy groups -OCH3 is 1. The first kappa shape index (κ1) is 18.4. The number of ether oxygens (including phenoxy) is 1. The lowest BCUT2D eigenvalue weighted by Gasteiger charge is -2.07. The molecule has 3 aromatic rings. The van der Waals surface area contributed by atoms with Crippen LogP contribution in [0.3, 0.4) is 0 Å². The smallest absolute Gasteiger partial charge is 0.224 e. The quantitative estimate of drug-likeness (QED) is 0.641. The number of hydrogen-bond acceptors (Lipinski definition) is 6. The van der Waals surface area contributed by atoms with E-state index >= 15 is 0 Å². The summed E-state index contributed by atoms with van der Waals surface area (Å²) in [5, 5.41) is 11.1. The molecule has 1 fully saturated rings. The monoisotopic (exact) mass is 380 g/mol. The van der Waals surface area contributed by atoms with Crippen LogP contribution >= 0.6 is 0 Å². The number of benzene rings is 1. The molecule has 146 valence electrons. The van der Waals surface area contributed by atoms with Crippen molar-refractivity contribution in [3.63, 3.8) is 0 Å². The Bertz CT molecular complexity index is 947. The molecule has 2 aromatic heterocycles. The van der Waals surface area contributed by atoms with Crippen LogP contribution in [-0.2, 0) is 17.8 Å². The van der Waals surface area contributed by atoms with Crippen molar-refractivity contribution in [2.24, 2.45) is 0 Å². The van der Waals surface area contributed by atoms with E-state index < -0.39 is 0 Å². The lowest BCUT2D eigenvalue weighted by atomic mass is 10.0. The van der Waals surface area contributed by atoms with Gasteiger partial charge in [0.2, 0.25) is 5.91 Å². The van der Waals surface area contributed by atoms with E-state index in [2.05, 4.69) is 20.6 Å². The Morgan fingerprint density at radius 2 is 2.11 bits per heavy atom. The zero-order valence-corrected chi connectivity index (χ0v) is 15.9. The fourth-order valence-electron chi connectivity index (χ4n) is 3.54. The molecule has 0 saturated carbocycles. The topological polar surface area (TPSA) is 94.0 Å². The second-order valence-corrected chi connectivity index (χ2v) is 6.90. The number of hydrogen-bond donors (Lipinski definition) is 2. The Morgan fingerprint density at radius 3 is 2.86 bits per heavy atom. The van der Waals surface area contributed by atoms with Gasteiger partial charge in [-0.15, -0.1) is 0 Å². The van der Waals surface area contributed by atoms with Crippen molar-refractivity contribution in [2.75, 3.05) is 26.7 Å². The third-order valence-corrected chi connectivity index (χ3v) is 5.01. The number of nitrogens with zero attached hydrogens (tertiary/aromatic N) is 4. The highest BCUT2D eigenvalue weighted by molar-refractivity contribution is 5.78. The van der Waals surface area contributed by atoms with Crippen LogP contribution in [0, 0.1) is 0 Å². The maximum atomic E-state index is 12.2. The first-order valence-corrected chi connectivity index (χ1v) is 9.52. The molecule has 4 rings (SSSR count). The van der Waals surface area contributed by atoms with Crippen LogP contribution in [-0.4, -0.2) is 52.4 Å². The molecule has 0 bridgehead atoms. The SMILES string of the molecule is COc1ccc(CC(=O)NCCn2nc([C@@H]3CCNC3)c3nccnc32)cc1. The van der Waals surface area contributed by atoms with Crippen molar-refractivity contribution < 1.29 is 9.53 Å². The zero-order chi connectivity index (χ0) is 19.3. The number of nitrogens with one attached hydrogen (secondary N) is 2. The fraction of sp³-hybridized carbons (Fsp3) is 0.400. The normalized spacial score (nSPS) is 16.4. The van der Waals surface area contributed by atoms with Crippen molar-refractivity contribution in [3.8, 4) is 5.75 Å². The Hall–Kier alpha value is -3.00. The average molecular weight is 380 g/mol. The molecule has 8 nitrogen and oxygen atoms in total. The predicted molar refractivity (Wildman–Crippen MR) is 105 cm³/mol. The molecule has 1 saturated heterocycles. The highest BCUT2D eigenvalue weighted by atomic mass is 16.5. The van der Waals surface area contributed by atoms with Gasteiger partial charge in [0.25, 0.3) is 0 Å². The number of carbonyl (C=O) groups is 1. The first-order chi connectivity index (χ1) is 13.7. The molecular weight excluding hydrogens is 356 g/mol. The van der Waals surface area contributed by atoms with Crippen LogP contribution in [0.15, 0.2) is 36.7 Å². The minimum absolute atomic E-state index is 0.0204. The molecule has 1 atom stereocenters. The Balaban J connectivity index is 1.38. The minimum Gasteiger partial charge on any atom is -0.497 e. The van der Waals surface area contributed by atoms with Gasteiger partial charge in [-0.05, 0) is 30.7 Å². The molecule has 0 aliphatic carbocycles. The maximum Gasteiger partial charge on any atom is 0.224 e. The second kappa shape index (κ2) is 8.35. The van der Waals surface area contributed by atoms with Gasteiger partial charge in [0.1, 0.15) is 11.3 Å². The van der Waals surface area contributed by atoms with Crippen molar-refractivity contribution in [1.29, 1.82) is 0 Å². The lowest BCUT2D eigenvalue weighted by molar-refractivity contribution is -0.120. The van der Waals surface area contributed by atoms with Crippen LogP contribution in [0.5, 0.6) is 5.75 Å². The average Bonchev–Trinajstić information content (AvgIpc) is 3.37. The molecule has 1 aliphatic rings. The molecule has 1 aromatic carbocycles. The molecule has 0 unspecified atom stereocenters. The first-order valence-electron chi connectivity index (χ1n) is 9.52. The number of fused-ring (bicyclic) bond motifs is 1. The van der Waals surface area contributed by atoms with Crippen LogP contribution in [0.4, 0.5) is 0 Å². The Morgan fingerprint density at radius 1 is 1.29 bits per heavy atom. The van der Waals surface area contributed by atoms with Crippen molar-refractivity contribution in [3.05, 3.63) is 47.9 Å². The van der Waals surface area contributed by atoms with E-state index in [0.717, 1.165) is 47.7 Å². The maximum absolute atomic E-state index is 12.2. The predicted octanol–water partition coefficient (Wildman–Crippen LogP) is 1.27. The molecule has 0 spiro atoms. The summed E-state index contributed by atoms with van der Waals surface area (Å²) in [4.78, 5) is 21.2. The van der Waals surface area contributed by atoms with Gasteiger partial charge in [0, 0.05) is 31.4 Å². The van der Waals surface area contributed by atoms with Gasteiger partial charge in [-0.25, -0.2) is 14.6 Å². The van der Waals surface area contributed by atoms with Crippen LogP contribution in [0.2, 0.25) is 0 Å². The summed E-state index contributed by atoms with van der Waals surface area (Å²) in [6, 6.07) is 7.51. The fourth-order valence-corrected chi connectivity index (χ4v) is 3.54. The molecule has 0 radical (unpaired) electrons. The van der Waals surface area contributed by atoms with Crippen LogP contribution in [0.1, 0.15) is 23.6 Å². The van der Waals surface area contributed by atoms with Crippen LogP contribution < -0.4 is 15.4 Å². The van der Waals surface area contributed by atoms with E-state index in [1.807, 2.05) is 28.9 Å². The highest BCUT2D eigenvalue weighted by Gasteiger charge is 2.24. The summed E-state index contributed by atoms with van der Waals surface area (Å²) in [5.41, 5.74) is 3.58. The second-order valence-electron chi connectivity index (χ2n) is 6.90. The molecule has 1 amide bonds. The zero-order valence-electron chi connectivity index (χ0n) is 15.9. The number of aromatic nitrogens is 4. The van der Waals surface area contributed by atoms with Gasteiger partial charge in [-0.3, -0.25) is 4.79 Å².